The van der Waals surface area contributed by atoms with E-state index in [4.69, 9.17) is 4.74 Å². The highest BCUT2D eigenvalue weighted by Crippen LogP contribution is 2.26. The molecule has 0 saturated heterocycles. The Morgan fingerprint density at radius 3 is 3.04 bits per heavy atom. The maximum absolute atomic E-state index is 12.2. The Labute approximate surface area is 133 Å². The van der Waals surface area contributed by atoms with Gasteiger partial charge in [-0.15, -0.1) is 0 Å². The molecular weight excluding hydrogens is 294 g/mol. The predicted octanol–water partition coefficient (Wildman–Crippen LogP) is 2.27. The van der Waals surface area contributed by atoms with Gasteiger partial charge in [0.1, 0.15) is 0 Å². The molecule has 118 valence electrons. The number of aromatic hydroxyl groups is 1. The zero-order chi connectivity index (χ0) is 16.2. The summed E-state index contributed by atoms with van der Waals surface area (Å²) >= 11 is 0. The first kappa shape index (κ1) is 15.0. The van der Waals surface area contributed by atoms with Crippen LogP contribution in [-0.2, 0) is 6.42 Å². The summed E-state index contributed by atoms with van der Waals surface area (Å²) in [6.45, 7) is 0. The average molecular weight is 311 g/mol. The van der Waals surface area contributed by atoms with Crippen LogP contribution in [-0.4, -0.2) is 28.8 Å². The van der Waals surface area contributed by atoms with Gasteiger partial charge in [0.2, 0.25) is 0 Å². The molecule has 23 heavy (non-hydrogen) atoms. The number of rotatable bonds is 3. The Hall–Kier alpha value is -2.89. The van der Waals surface area contributed by atoms with Gasteiger partial charge in [-0.2, -0.15) is 5.10 Å². The molecule has 6 nitrogen and oxygen atoms in total. The number of benzene rings is 1. The van der Waals surface area contributed by atoms with Crippen molar-refractivity contribution in [2.45, 2.75) is 19.3 Å². The van der Waals surface area contributed by atoms with E-state index in [1.807, 2.05) is 12.1 Å². The fourth-order valence-corrected chi connectivity index (χ4v) is 2.58. The van der Waals surface area contributed by atoms with Crippen LogP contribution >= 0.6 is 0 Å². The molecule has 0 radical (unpaired) electrons. The summed E-state index contributed by atoms with van der Waals surface area (Å²) in [6, 6.07) is 8.34. The van der Waals surface area contributed by atoms with Gasteiger partial charge in [-0.05, 0) is 49.1 Å². The molecule has 1 aromatic heterocycles. The summed E-state index contributed by atoms with van der Waals surface area (Å²) in [6.07, 6.45) is 4.47. The molecule has 1 heterocycles. The van der Waals surface area contributed by atoms with Crippen molar-refractivity contribution < 1.29 is 14.6 Å². The van der Waals surface area contributed by atoms with Crippen LogP contribution in [0.2, 0.25) is 0 Å². The van der Waals surface area contributed by atoms with Gasteiger partial charge in [0.05, 0.1) is 18.5 Å². The maximum atomic E-state index is 12.2. The second kappa shape index (κ2) is 6.48. The second-order valence-corrected chi connectivity index (χ2v) is 5.25. The van der Waals surface area contributed by atoms with E-state index in [2.05, 4.69) is 15.5 Å². The van der Waals surface area contributed by atoms with Gasteiger partial charge >= 0.3 is 0 Å². The van der Waals surface area contributed by atoms with Crippen LogP contribution in [0.15, 0.2) is 41.6 Å². The third-order valence-electron chi connectivity index (χ3n) is 3.76. The molecule has 0 spiro atoms. The van der Waals surface area contributed by atoms with Crippen molar-refractivity contribution in [1.29, 1.82) is 0 Å². The quantitative estimate of drug-likeness (QED) is 0.852. The Kier molecular flexibility index (Phi) is 4.23. The van der Waals surface area contributed by atoms with Gasteiger partial charge in [0, 0.05) is 11.8 Å². The van der Waals surface area contributed by atoms with E-state index in [0.29, 0.717) is 5.56 Å². The third-order valence-corrected chi connectivity index (χ3v) is 3.76. The van der Waals surface area contributed by atoms with E-state index in [9.17, 15) is 9.90 Å². The van der Waals surface area contributed by atoms with Gasteiger partial charge in [-0.25, -0.2) is 5.43 Å². The zero-order valence-electron chi connectivity index (χ0n) is 12.7. The summed E-state index contributed by atoms with van der Waals surface area (Å²) in [7, 11) is 1.43. The van der Waals surface area contributed by atoms with E-state index in [-0.39, 0.29) is 17.4 Å². The van der Waals surface area contributed by atoms with E-state index < -0.39 is 0 Å². The summed E-state index contributed by atoms with van der Waals surface area (Å²) in [5, 5.41) is 13.8. The summed E-state index contributed by atoms with van der Waals surface area (Å²) < 4.78 is 5.00. The summed E-state index contributed by atoms with van der Waals surface area (Å²) in [4.78, 5) is 16.6. The van der Waals surface area contributed by atoms with Crippen molar-refractivity contribution in [2.75, 3.05) is 7.11 Å². The predicted molar refractivity (Wildman–Crippen MR) is 85.8 cm³/mol. The number of nitrogens with zero attached hydrogens (tertiary/aromatic N) is 2. The van der Waals surface area contributed by atoms with Gasteiger partial charge in [0.15, 0.2) is 11.5 Å². The van der Waals surface area contributed by atoms with E-state index >= 15 is 0 Å². The Morgan fingerprint density at radius 1 is 1.35 bits per heavy atom. The lowest BCUT2D eigenvalue weighted by Crippen LogP contribution is -2.22. The Bertz CT molecular complexity index is 771. The molecule has 0 unspecified atom stereocenters. The lowest BCUT2D eigenvalue weighted by Gasteiger charge is -2.16. The number of nitrogens with one attached hydrogen (secondary N) is 1. The number of carbonyl (C=O) groups excluding carboxylic acids is 1. The number of aromatic nitrogens is 1. The Morgan fingerprint density at radius 2 is 2.22 bits per heavy atom. The lowest BCUT2D eigenvalue weighted by molar-refractivity contribution is 0.0954. The highest BCUT2D eigenvalue weighted by atomic mass is 16.5. The number of hydrogen-bond donors (Lipinski definition) is 2. The van der Waals surface area contributed by atoms with Gasteiger partial charge in [-0.1, -0.05) is 6.07 Å². The minimum Gasteiger partial charge on any atom is -0.504 e. The van der Waals surface area contributed by atoms with E-state index in [0.717, 1.165) is 36.2 Å². The number of fused-ring (bicyclic) bond motifs is 1. The summed E-state index contributed by atoms with van der Waals surface area (Å²) in [5.41, 5.74) is 5.70. The van der Waals surface area contributed by atoms with E-state index in [1.165, 1.54) is 25.3 Å². The van der Waals surface area contributed by atoms with Crippen molar-refractivity contribution >= 4 is 11.6 Å². The molecule has 0 aliphatic heterocycles. The number of aryl methyl sites for hydroxylation is 1. The average Bonchev–Trinajstić information content (AvgIpc) is 2.60. The molecule has 1 amide bonds. The number of amides is 1. The first-order valence-corrected chi connectivity index (χ1v) is 7.37. The largest absolute Gasteiger partial charge is 0.504 e. The number of ether oxygens (including phenoxy) is 1. The third kappa shape index (κ3) is 3.15. The molecule has 1 aromatic carbocycles. The maximum Gasteiger partial charge on any atom is 0.271 e. The van der Waals surface area contributed by atoms with Crippen LogP contribution < -0.4 is 10.2 Å². The molecule has 3 rings (SSSR count). The highest BCUT2D eigenvalue weighted by molar-refractivity contribution is 6.02. The molecule has 1 aliphatic carbocycles. The number of carbonyl (C=O) groups is 1. The summed E-state index contributed by atoms with van der Waals surface area (Å²) in [5.74, 6) is -0.130. The van der Waals surface area contributed by atoms with Crippen LogP contribution in [0.25, 0.3) is 0 Å². The fourth-order valence-electron chi connectivity index (χ4n) is 2.58. The molecule has 6 heteroatoms. The van der Waals surface area contributed by atoms with Crippen molar-refractivity contribution in [2.24, 2.45) is 5.10 Å². The number of methoxy groups -OCH3 is 1. The number of pyridine rings is 1. The van der Waals surface area contributed by atoms with Crippen molar-refractivity contribution in [3.8, 4) is 11.5 Å². The molecule has 2 aromatic rings. The topological polar surface area (TPSA) is 83.8 Å². The molecular formula is C17H17N3O3. The van der Waals surface area contributed by atoms with Crippen LogP contribution in [0.1, 0.15) is 34.5 Å². The van der Waals surface area contributed by atoms with Crippen LogP contribution in [0.3, 0.4) is 0 Å². The molecule has 0 bridgehead atoms. The monoisotopic (exact) mass is 311 g/mol. The second-order valence-electron chi connectivity index (χ2n) is 5.25. The fraction of sp³-hybridized carbons (Fsp3) is 0.235. The van der Waals surface area contributed by atoms with Gasteiger partial charge < -0.3 is 9.84 Å². The number of phenolic OH excluding ortho intramolecular Hbond substituents is 1. The Balaban J connectivity index is 1.79. The van der Waals surface area contributed by atoms with Crippen molar-refractivity contribution in [1.82, 2.24) is 10.4 Å². The molecule has 2 N–H and O–H groups in total. The van der Waals surface area contributed by atoms with Crippen molar-refractivity contribution in [3.63, 3.8) is 0 Å². The molecule has 0 atom stereocenters. The molecule has 1 aliphatic rings. The highest BCUT2D eigenvalue weighted by Gasteiger charge is 2.17. The van der Waals surface area contributed by atoms with Crippen molar-refractivity contribution in [3.05, 3.63) is 53.3 Å². The SMILES string of the molecule is COc1cc(C(=O)N/N=C2\CCCc3cccnc32)ccc1O. The minimum atomic E-state index is -0.362. The van der Waals surface area contributed by atoms with Gasteiger partial charge in [-0.3, -0.25) is 9.78 Å². The number of phenols is 1. The number of hydrazone groups is 1. The molecule has 0 saturated carbocycles. The lowest BCUT2D eigenvalue weighted by atomic mass is 9.95. The molecule has 0 fully saturated rings. The first-order valence-electron chi connectivity index (χ1n) is 7.37. The number of hydrogen-bond acceptors (Lipinski definition) is 5. The first-order chi connectivity index (χ1) is 11.2. The van der Waals surface area contributed by atoms with Crippen LogP contribution in [0, 0.1) is 0 Å². The smallest absolute Gasteiger partial charge is 0.271 e. The van der Waals surface area contributed by atoms with Crippen LogP contribution in [0.5, 0.6) is 11.5 Å². The normalized spacial score (nSPS) is 15.1. The zero-order valence-corrected chi connectivity index (χ0v) is 12.7. The standard InChI is InChI=1S/C17H17N3O3/c1-23-15-10-12(7-8-14(15)21)17(22)20-19-13-6-2-4-11-5-3-9-18-16(11)13/h3,5,7-10,21H,2,4,6H2,1H3,(H,20,22)/b19-13+. The minimum absolute atomic E-state index is 0.0132. The van der Waals surface area contributed by atoms with E-state index in [1.54, 1.807) is 6.20 Å². The van der Waals surface area contributed by atoms with Gasteiger partial charge in [0.25, 0.3) is 5.91 Å². The van der Waals surface area contributed by atoms with Crippen LogP contribution in [0.4, 0.5) is 0 Å².